The molecule has 2 heterocycles. The zero-order chi connectivity index (χ0) is 22.0. The Balaban J connectivity index is 1.57. The van der Waals surface area contributed by atoms with Gasteiger partial charge >= 0.3 is 0 Å². The third kappa shape index (κ3) is 4.58. The van der Waals surface area contributed by atoms with Crippen LogP contribution < -0.4 is 15.1 Å². The van der Waals surface area contributed by atoms with Crippen LogP contribution in [0.5, 0.6) is 0 Å². The smallest absolute Gasteiger partial charge is 0.243 e. The SMILES string of the molecule is Cc1nn(C)c(C)c1NC(=O)CN1CC(C)CN(Cc2ccccc2)c2ccccc21. The molecule has 1 aliphatic heterocycles. The van der Waals surface area contributed by atoms with Crippen molar-refractivity contribution >= 4 is 23.0 Å². The van der Waals surface area contributed by atoms with Crippen LogP contribution in [0, 0.1) is 19.8 Å². The van der Waals surface area contributed by atoms with Crippen molar-refractivity contribution < 1.29 is 4.79 Å². The van der Waals surface area contributed by atoms with E-state index in [1.165, 1.54) is 11.3 Å². The van der Waals surface area contributed by atoms with Crippen molar-refractivity contribution in [3.8, 4) is 0 Å². The zero-order valence-corrected chi connectivity index (χ0v) is 18.8. The van der Waals surface area contributed by atoms with E-state index in [0.29, 0.717) is 12.5 Å². The Morgan fingerprint density at radius 3 is 2.26 bits per heavy atom. The second-order valence-corrected chi connectivity index (χ2v) is 8.56. The summed E-state index contributed by atoms with van der Waals surface area (Å²) in [5, 5.41) is 7.49. The summed E-state index contributed by atoms with van der Waals surface area (Å²) in [6, 6.07) is 19.0. The molecule has 0 fully saturated rings. The van der Waals surface area contributed by atoms with E-state index >= 15 is 0 Å². The number of amides is 1. The summed E-state index contributed by atoms with van der Waals surface area (Å²) < 4.78 is 1.80. The molecule has 1 aliphatic rings. The van der Waals surface area contributed by atoms with E-state index < -0.39 is 0 Å². The first-order valence-corrected chi connectivity index (χ1v) is 10.8. The van der Waals surface area contributed by atoms with Crippen LogP contribution in [0.15, 0.2) is 54.6 Å². The Kier molecular flexibility index (Phi) is 5.98. The van der Waals surface area contributed by atoms with Gasteiger partial charge in [0.25, 0.3) is 0 Å². The maximum atomic E-state index is 13.0. The molecule has 6 nitrogen and oxygen atoms in total. The van der Waals surface area contributed by atoms with Crippen LogP contribution in [-0.2, 0) is 18.4 Å². The highest BCUT2D eigenvalue weighted by Crippen LogP contribution is 2.34. The quantitative estimate of drug-likeness (QED) is 0.678. The number of rotatable bonds is 5. The predicted molar refractivity (Wildman–Crippen MR) is 127 cm³/mol. The van der Waals surface area contributed by atoms with Crippen molar-refractivity contribution in [3.63, 3.8) is 0 Å². The fraction of sp³-hybridized carbons (Fsp3) is 0.360. The molecule has 1 atom stereocenters. The molecular formula is C25H31N5O. The number of nitrogens with zero attached hydrogens (tertiary/aromatic N) is 4. The van der Waals surface area contributed by atoms with Crippen molar-refractivity contribution in [1.82, 2.24) is 9.78 Å². The van der Waals surface area contributed by atoms with Gasteiger partial charge in [-0.05, 0) is 37.5 Å². The van der Waals surface area contributed by atoms with Gasteiger partial charge in [-0.2, -0.15) is 5.10 Å². The van der Waals surface area contributed by atoms with Crippen LogP contribution in [0.3, 0.4) is 0 Å². The first-order chi connectivity index (χ1) is 14.9. The minimum Gasteiger partial charge on any atom is -0.365 e. The first kappa shape index (κ1) is 21.0. The normalized spacial score (nSPS) is 16.1. The van der Waals surface area contributed by atoms with Crippen LogP contribution in [0.4, 0.5) is 17.1 Å². The molecule has 1 amide bonds. The van der Waals surface area contributed by atoms with Crippen molar-refractivity contribution in [2.75, 3.05) is 34.8 Å². The summed E-state index contributed by atoms with van der Waals surface area (Å²) in [5.41, 5.74) is 6.19. The van der Waals surface area contributed by atoms with Crippen LogP contribution in [0.25, 0.3) is 0 Å². The third-order valence-electron chi connectivity index (χ3n) is 5.95. The Morgan fingerprint density at radius 2 is 1.61 bits per heavy atom. The molecule has 0 aliphatic carbocycles. The lowest BCUT2D eigenvalue weighted by Gasteiger charge is -2.27. The molecule has 0 spiro atoms. The van der Waals surface area contributed by atoms with E-state index in [1.807, 2.05) is 20.9 Å². The van der Waals surface area contributed by atoms with E-state index in [4.69, 9.17) is 0 Å². The van der Waals surface area contributed by atoms with Gasteiger partial charge in [-0.1, -0.05) is 49.4 Å². The average molecular weight is 418 g/mol. The van der Waals surface area contributed by atoms with Crippen molar-refractivity contribution in [2.45, 2.75) is 27.3 Å². The first-order valence-electron chi connectivity index (χ1n) is 10.8. The average Bonchev–Trinajstić information content (AvgIpc) is 2.91. The number of nitrogens with one attached hydrogen (secondary N) is 1. The van der Waals surface area contributed by atoms with Crippen molar-refractivity contribution in [1.29, 1.82) is 0 Å². The van der Waals surface area contributed by atoms with E-state index in [0.717, 1.165) is 42.4 Å². The number of hydrogen-bond acceptors (Lipinski definition) is 4. The number of anilines is 3. The number of carbonyl (C=O) groups is 1. The number of para-hydroxylation sites is 2. The summed E-state index contributed by atoms with van der Waals surface area (Å²) in [6.07, 6.45) is 0. The van der Waals surface area contributed by atoms with Gasteiger partial charge in [-0.25, -0.2) is 0 Å². The number of hydrogen-bond donors (Lipinski definition) is 1. The highest BCUT2D eigenvalue weighted by Gasteiger charge is 2.26. The molecule has 3 aromatic rings. The van der Waals surface area contributed by atoms with Gasteiger partial charge in [0.1, 0.15) is 0 Å². The van der Waals surface area contributed by atoms with Crippen molar-refractivity contribution in [3.05, 3.63) is 71.5 Å². The lowest BCUT2D eigenvalue weighted by atomic mass is 10.1. The van der Waals surface area contributed by atoms with Gasteiger partial charge in [0.05, 0.1) is 35.0 Å². The fourth-order valence-electron chi connectivity index (χ4n) is 4.42. The Labute approximate surface area is 184 Å². The second kappa shape index (κ2) is 8.84. The van der Waals surface area contributed by atoms with Crippen molar-refractivity contribution in [2.24, 2.45) is 13.0 Å². The number of aromatic nitrogens is 2. The summed E-state index contributed by atoms with van der Waals surface area (Å²) in [6.45, 7) is 9.11. The van der Waals surface area contributed by atoms with Crippen LogP contribution in [-0.4, -0.2) is 35.3 Å². The third-order valence-corrected chi connectivity index (χ3v) is 5.95. The van der Waals surface area contributed by atoms with E-state index in [1.54, 1.807) is 4.68 Å². The van der Waals surface area contributed by atoms with E-state index in [-0.39, 0.29) is 5.91 Å². The molecule has 0 saturated carbocycles. The van der Waals surface area contributed by atoms with Gasteiger partial charge < -0.3 is 15.1 Å². The van der Waals surface area contributed by atoms with Gasteiger partial charge in [0.15, 0.2) is 0 Å². The molecule has 1 aromatic heterocycles. The van der Waals surface area contributed by atoms with Crippen LogP contribution in [0.2, 0.25) is 0 Å². The molecule has 162 valence electrons. The Hall–Kier alpha value is -3.28. The molecular weight excluding hydrogens is 386 g/mol. The molecule has 0 saturated heterocycles. The van der Waals surface area contributed by atoms with Gasteiger partial charge in [0, 0.05) is 26.7 Å². The highest BCUT2D eigenvalue weighted by molar-refractivity contribution is 5.95. The number of benzene rings is 2. The number of aryl methyl sites for hydroxylation is 2. The molecule has 1 N–H and O–H groups in total. The van der Waals surface area contributed by atoms with Gasteiger partial charge in [-0.15, -0.1) is 0 Å². The van der Waals surface area contributed by atoms with Gasteiger partial charge in [0.2, 0.25) is 5.91 Å². The zero-order valence-electron chi connectivity index (χ0n) is 18.8. The summed E-state index contributed by atoms with van der Waals surface area (Å²) >= 11 is 0. The van der Waals surface area contributed by atoms with Gasteiger partial charge in [-0.3, -0.25) is 9.48 Å². The van der Waals surface area contributed by atoms with E-state index in [2.05, 4.69) is 81.7 Å². The summed E-state index contributed by atoms with van der Waals surface area (Å²) in [4.78, 5) is 17.6. The topological polar surface area (TPSA) is 53.4 Å². The van der Waals surface area contributed by atoms with Crippen LogP contribution in [0.1, 0.15) is 23.9 Å². The number of carbonyl (C=O) groups excluding carboxylic acids is 1. The Morgan fingerprint density at radius 1 is 1.00 bits per heavy atom. The lowest BCUT2D eigenvalue weighted by Crippen LogP contribution is -2.36. The molecule has 31 heavy (non-hydrogen) atoms. The lowest BCUT2D eigenvalue weighted by molar-refractivity contribution is -0.115. The summed E-state index contributed by atoms with van der Waals surface area (Å²) in [7, 11) is 1.89. The fourth-order valence-corrected chi connectivity index (χ4v) is 4.42. The minimum absolute atomic E-state index is 0.0160. The second-order valence-electron chi connectivity index (χ2n) is 8.56. The maximum absolute atomic E-state index is 13.0. The van der Waals surface area contributed by atoms with E-state index in [9.17, 15) is 4.79 Å². The summed E-state index contributed by atoms with van der Waals surface area (Å²) in [5.74, 6) is 0.406. The van der Waals surface area contributed by atoms with Crippen LogP contribution >= 0.6 is 0 Å². The largest absolute Gasteiger partial charge is 0.365 e. The standard InChI is InChI=1S/C25H31N5O/c1-18-14-29(16-21-10-6-5-7-11-21)22-12-8-9-13-23(22)30(15-18)17-24(31)26-25-19(2)27-28(4)20(25)3/h5-13,18H,14-17H2,1-4H3,(H,26,31). The molecule has 1 unspecified atom stereocenters. The molecule has 0 bridgehead atoms. The molecule has 6 heteroatoms. The molecule has 0 radical (unpaired) electrons. The minimum atomic E-state index is -0.0160. The number of fused-ring (bicyclic) bond motifs is 1. The maximum Gasteiger partial charge on any atom is 0.243 e. The monoisotopic (exact) mass is 417 g/mol. The molecule has 4 rings (SSSR count). The molecule has 2 aromatic carbocycles. The highest BCUT2D eigenvalue weighted by atomic mass is 16.2. The Bertz CT molecular complexity index is 1060. The predicted octanol–water partition coefficient (Wildman–Crippen LogP) is 4.14.